The highest BCUT2D eigenvalue weighted by Gasteiger charge is 2.04. The Morgan fingerprint density at radius 2 is 1.94 bits per heavy atom. The summed E-state index contributed by atoms with van der Waals surface area (Å²) in [6, 6.07) is 10.5. The van der Waals surface area contributed by atoms with Crippen LogP contribution in [0.25, 0.3) is 0 Å². The molecule has 1 aliphatic heterocycles. The Balaban J connectivity index is 1.55. The smallest absolute Gasteiger partial charge is 0.219 e. The van der Waals surface area contributed by atoms with Crippen molar-refractivity contribution in [2.75, 3.05) is 6.61 Å². The van der Waals surface area contributed by atoms with Crippen LogP contribution in [0.3, 0.4) is 0 Å². The molecule has 0 aromatic heterocycles. The molecule has 1 unspecified atom stereocenters. The molecule has 0 spiro atoms. The molecular weight excluding hydrogens is 212 g/mol. The molecule has 0 saturated carbocycles. The minimum atomic E-state index is -0.197. The molecule has 17 heavy (non-hydrogen) atoms. The van der Waals surface area contributed by atoms with E-state index in [-0.39, 0.29) is 6.29 Å². The van der Waals surface area contributed by atoms with E-state index in [1.807, 2.05) is 24.3 Å². The highest BCUT2D eigenvalue weighted by Crippen LogP contribution is 2.07. The predicted octanol–water partition coefficient (Wildman–Crippen LogP) is 3.45. The van der Waals surface area contributed by atoms with Crippen LogP contribution in [0.5, 0.6) is 0 Å². The van der Waals surface area contributed by atoms with Crippen molar-refractivity contribution in [1.29, 1.82) is 0 Å². The van der Waals surface area contributed by atoms with Crippen LogP contribution in [0.2, 0.25) is 0 Å². The molecule has 1 aromatic carbocycles. The summed E-state index contributed by atoms with van der Waals surface area (Å²) in [4.78, 5) is 0. The van der Waals surface area contributed by atoms with Crippen LogP contribution in [-0.2, 0) is 15.9 Å². The summed E-state index contributed by atoms with van der Waals surface area (Å²) in [6.45, 7) is 0.746. The quantitative estimate of drug-likeness (QED) is 0.697. The first-order valence-electron chi connectivity index (χ1n) is 6.09. The summed E-state index contributed by atoms with van der Waals surface area (Å²) in [5, 5.41) is 0. The Bertz CT molecular complexity index is 368. The van der Waals surface area contributed by atoms with Crippen LogP contribution in [0.4, 0.5) is 0 Å². The molecule has 1 aliphatic rings. The van der Waals surface area contributed by atoms with Gasteiger partial charge in [0.1, 0.15) is 0 Å². The predicted molar refractivity (Wildman–Crippen MR) is 68.5 cm³/mol. The molecule has 0 saturated heterocycles. The van der Waals surface area contributed by atoms with E-state index in [4.69, 9.17) is 9.47 Å². The summed E-state index contributed by atoms with van der Waals surface area (Å²) in [7, 11) is 0. The standard InChI is InChI=1S/C15H18O2/c1-2-8-14(9-3-1)10-4-6-12-16-15-11-5-7-13-17-15/h1-3,5,7-9,11,13,15H,4,6,10,12H2. The zero-order chi connectivity index (χ0) is 11.8. The number of benzene rings is 1. The molecule has 1 heterocycles. The van der Waals surface area contributed by atoms with Gasteiger partial charge in [0, 0.05) is 0 Å². The fourth-order valence-corrected chi connectivity index (χ4v) is 1.74. The molecular formula is C15H18O2. The Kier molecular flexibility index (Phi) is 4.86. The second kappa shape index (κ2) is 6.92. The van der Waals surface area contributed by atoms with Gasteiger partial charge >= 0.3 is 0 Å². The Hall–Kier alpha value is -1.54. The average molecular weight is 230 g/mol. The van der Waals surface area contributed by atoms with Gasteiger partial charge in [0.15, 0.2) is 0 Å². The summed E-state index contributed by atoms with van der Waals surface area (Å²) in [5.74, 6) is 0. The van der Waals surface area contributed by atoms with Crippen LogP contribution < -0.4 is 0 Å². The molecule has 1 aromatic rings. The van der Waals surface area contributed by atoms with E-state index in [1.54, 1.807) is 6.26 Å². The van der Waals surface area contributed by atoms with Gasteiger partial charge in [0.05, 0.1) is 12.9 Å². The first-order chi connectivity index (χ1) is 8.45. The molecule has 2 rings (SSSR count). The van der Waals surface area contributed by atoms with Gasteiger partial charge < -0.3 is 9.47 Å². The van der Waals surface area contributed by atoms with E-state index in [0.29, 0.717) is 0 Å². The van der Waals surface area contributed by atoms with Gasteiger partial charge in [0.25, 0.3) is 0 Å². The second-order valence-electron chi connectivity index (χ2n) is 4.03. The molecule has 0 fully saturated rings. The maximum Gasteiger partial charge on any atom is 0.219 e. The Morgan fingerprint density at radius 3 is 2.71 bits per heavy atom. The third kappa shape index (κ3) is 4.45. The monoisotopic (exact) mass is 230 g/mol. The molecule has 2 heteroatoms. The van der Waals surface area contributed by atoms with Gasteiger partial charge in [-0.1, -0.05) is 36.4 Å². The van der Waals surface area contributed by atoms with E-state index in [2.05, 4.69) is 24.3 Å². The van der Waals surface area contributed by atoms with Crippen LogP contribution in [-0.4, -0.2) is 12.9 Å². The number of hydrogen-bond acceptors (Lipinski definition) is 2. The highest BCUT2D eigenvalue weighted by molar-refractivity contribution is 5.14. The van der Waals surface area contributed by atoms with E-state index in [0.717, 1.165) is 25.9 Å². The van der Waals surface area contributed by atoms with E-state index in [1.165, 1.54) is 5.56 Å². The van der Waals surface area contributed by atoms with E-state index >= 15 is 0 Å². The lowest BCUT2D eigenvalue weighted by Crippen LogP contribution is -2.13. The van der Waals surface area contributed by atoms with Gasteiger partial charge in [-0.2, -0.15) is 0 Å². The highest BCUT2D eigenvalue weighted by atomic mass is 16.7. The first-order valence-corrected chi connectivity index (χ1v) is 6.09. The molecule has 0 bridgehead atoms. The largest absolute Gasteiger partial charge is 0.469 e. The van der Waals surface area contributed by atoms with Crippen molar-refractivity contribution in [1.82, 2.24) is 0 Å². The summed E-state index contributed by atoms with van der Waals surface area (Å²) in [6.07, 6.45) is 10.5. The van der Waals surface area contributed by atoms with Crippen molar-refractivity contribution in [2.24, 2.45) is 0 Å². The summed E-state index contributed by atoms with van der Waals surface area (Å²) >= 11 is 0. The van der Waals surface area contributed by atoms with Crippen molar-refractivity contribution in [3.63, 3.8) is 0 Å². The molecule has 0 amide bonds. The van der Waals surface area contributed by atoms with Gasteiger partial charge in [-0.05, 0) is 37.0 Å². The molecule has 2 nitrogen and oxygen atoms in total. The van der Waals surface area contributed by atoms with Gasteiger partial charge in [-0.15, -0.1) is 0 Å². The second-order valence-corrected chi connectivity index (χ2v) is 4.03. The van der Waals surface area contributed by atoms with E-state index < -0.39 is 0 Å². The summed E-state index contributed by atoms with van der Waals surface area (Å²) in [5.41, 5.74) is 1.39. The Labute approximate surface area is 103 Å². The van der Waals surface area contributed by atoms with Crippen LogP contribution >= 0.6 is 0 Å². The van der Waals surface area contributed by atoms with Crippen molar-refractivity contribution < 1.29 is 9.47 Å². The minimum Gasteiger partial charge on any atom is -0.469 e. The fourth-order valence-electron chi connectivity index (χ4n) is 1.74. The zero-order valence-corrected chi connectivity index (χ0v) is 9.92. The van der Waals surface area contributed by atoms with E-state index in [9.17, 15) is 0 Å². The fraction of sp³-hybridized carbons (Fsp3) is 0.333. The molecule has 1 atom stereocenters. The Morgan fingerprint density at radius 1 is 1.06 bits per heavy atom. The normalized spacial score (nSPS) is 18.0. The summed E-state index contributed by atoms with van der Waals surface area (Å²) < 4.78 is 10.8. The molecule has 90 valence electrons. The maximum absolute atomic E-state index is 5.56. The van der Waals surface area contributed by atoms with Crippen LogP contribution in [0, 0.1) is 0 Å². The lowest BCUT2D eigenvalue weighted by Gasteiger charge is -2.15. The molecule has 0 N–H and O–H groups in total. The number of rotatable bonds is 6. The average Bonchev–Trinajstić information content (AvgIpc) is 2.41. The van der Waals surface area contributed by atoms with Gasteiger partial charge in [0.2, 0.25) is 6.29 Å². The van der Waals surface area contributed by atoms with Crippen molar-refractivity contribution in [2.45, 2.75) is 25.6 Å². The maximum atomic E-state index is 5.56. The third-order valence-electron chi connectivity index (χ3n) is 2.66. The number of hydrogen-bond donors (Lipinski definition) is 0. The first kappa shape index (κ1) is 11.9. The van der Waals surface area contributed by atoms with Crippen molar-refractivity contribution in [3.8, 4) is 0 Å². The SMILES string of the molecule is C1=COC(OCCCCc2ccccc2)C=C1. The van der Waals surface area contributed by atoms with Gasteiger partial charge in [-0.25, -0.2) is 0 Å². The molecule has 0 radical (unpaired) electrons. The lowest BCUT2D eigenvalue weighted by molar-refractivity contribution is -0.0749. The van der Waals surface area contributed by atoms with Crippen molar-refractivity contribution in [3.05, 3.63) is 60.4 Å². The number of allylic oxidation sites excluding steroid dienone is 2. The minimum absolute atomic E-state index is 0.197. The van der Waals surface area contributed by atoms with Crippen LogP contribution in [0.1, 0.15) is 18.4 Å². The number of aryl methyl sites for hydroxylation is 1. The third-order valence-corrected chi connectivity index (χ3v) is 2.66. The topological polar surface area (TPSA) is 18.5 Å². The van der Waals surface area contributed by atoms with Crippen LogP contribution in [0.15, 0.2) is 54.8 Å². The van der Waals surface area contributed by atoms with Crippen molar-refractivity contribution >= 4 is 0 Å². The zero-order valence-electron chi connectivity index (χ0n) is 9.92. The number of ether oxygens (including phenoxy) is 2. The number of unbranched alkanes of at least 4 members (excludes halogenated alkanes) is 1. The van der Waals surface area contributed by atoms with Gasteiger partial charge in [-0.3, -0.25) is 0 Å². The molecule has 0 aliphatic carbocycles. The lowest BCUT2D eigenvalue weighted by atomic mass is 10.1.